The Hall–Kier alpha value is -2.45. The molecule has 0 aromatic carbocycles. The Morgan fingerprint density at radius 3 is 3.08 bits per heavy atom. The third-order valence-electron chi connectivity index (χ3n) is 4.48. The number of thiazole rings is 1. The van der Waals surface area contributed by atoms with Crippen LogP contribution in [0.1, 0.15) is 28.2 Å². The minimum atomic E-state index is -0.442. The van der Waals surface area contributed by atoms with Gasteiger partial charge in [0.15, 0.2) is 0 Å². The van der Waals surface area contributed by atoms with Crippen LogP contribution in [0.15, 0.2) is 18.5 Å². The minimum absolute atomic E-state index is 0.352. The number of H-pyrrole nitrogens is 1. The molecule has 3 aromatic rings. The number of carbonyl (C=O) groups excluding carboxylic acids is 1. The van der Waals surface area contributed by atoms with Crippen LogP contribution in [0, 0.1) is 6.92 Å². The number of hydrogen-bond acceptors (Lipinski definition) is 6. The maximum atomic E-state index is 11.6. The number of amides is 1. The van der Waals surface area contributed by atoms with Crippen molar-refractivity contribution < 1.29 is 4.79 Å². The second-order valence-corrected chi connectivity index (χ2v) is 7.27. The number of nitrogens with two attached hydrogens (primary N) is 1. The highest BCUT2D eigenvalue weighted by Gasteiger charge is 2.21. The highest BCUT2D eigenvalue weighted by molar-refractivity contribution is 7.17. The third kappa shape index (κ3) is 2.98. The van der Waals surface area contributed by atoms with E-state index >= 15 is 0 Å². The number of aromatic amines is 1. The molecule has 3 aromatic heterocycles. The summed E-state index contributed by atoms with van der Waals surface area (Å²) in [5.74, 6) is -0.442. The largest absolute Gasteiger partial charge is 0.380 e. The van der Waals surface area contributed by atoms with Gasteiger partial charge in [0.25, 0.3) is 5.91 Å². The number of nitrogens with one attached hydrogen (secondary N) is 3. The summed E-state index contributed by atoms with van der Waals surface area (Å²) in [7, 11) is 0. The Balaban J connectivity index is 1.81. The lowest BCUT2D eigenvalue weighted by Crippen LogP contribution is -2.38. The lowest BCUT2D eigenvalue weighted by atomic mass is 10.1. The van der Waals surface area contributed by atoms with E-state index in [9.17, 15) is 4.79 Å². The first-order valence-electron chi connectivity index (χ1n) is 8.34. The van der Waals surface area contributed by atoms with Gasteiger partial charge in [-0.15, -0.1) is 11.3 Å². The van der Waals surface area contributed by atoms with Crippen molar-refractivity contribution in [2.75, 3.05) is 18.4 Å². The Morgan fingerprint density at radius 1 is 1.48 bits per heavy atom. The van der Waals surface area contributed by atoms with Crippen LogP contribution in [0.2, 0.25) is 0 Å². The molecule has 0 saturated carbocycles. The first kappa shape index (κ1) is 16.0. The summed E-state index contributed by atoms with van der Waals surface area (Å²) in [4.78, 5) is 24.3. The van der Waals surface area contributed by atoms with Crippen molar-refractivity contribution in [3.63, 3.8) is 0 Å². The van der Waals surface area contributed by atoms with Gasteiger partial charge in [0.05, 0.1) is 16.9 Å². The molecule has 0 aliphatic carbocycles. The molecule has 8 heteroatoms. The summed E-state index contributed by atoms with van der Waals surface area (Å²) in [5.41, 5.74) is 8.85. The minimum Gasteiger partial charge on any atom is -0.380 e. The fraction of sp³-hybridized carbons (Fsp3) is 0.353. The summed E-state index contributed by atoms with van der Waals surface area (Å²) in [6.45, 7) is 3.80. The Bertz CT molecular complexity index is 925. The number of aromatic nitrogens is 3. The van der Waals surface area contributed by atoms with E-state index in [1.54, 1.807) is 13.1 Å². The van der Waals surface area contributed by atoms with E-state index in [4.69, 9.17) is 5.73 Å². The van der Waals surface area contributed by atoms with E-state index in [-0.39, 0.29) is 0 Å². The SMILES string of the molecule is Cc1nc(-c2cnc3[nH]ccc3c2NC2CCCNC2)sc1C(N)=O. The van der Waals surface area contributed by atoms with Gasteiger partial charge in [-0.3, -0.25) is 4.79 Å². The Labute approximate surface area is 149 Å². The van der Waals surface area contributed by atoms with Gasteiger partial charge in [-0.05, 0) is 32.4 Å². The summed E-state index contributed by atoms with van der Waals surface area (Å²) >= 11 is 1.32. The lowest BCUT2D eigenvalue weighted by molar-refractivity contribution is 0.100. The number of primary amides is 1. The molecule has 25 heavy (non-hydrogen) atoms. The van der Waals surface area contributed by atoms with Crippen LogP contribution >= 0.6 is 11.3 Å². The quantitative estimate of drug-likeness (QED) is 0.573. The number of piperidine rings is 1. The van der Waals surface area contributed by atoms with Crippen molar-refractivity contribution in [1.82, 2.24) is 20.3 Å². The number of carbonyl (C=O) groups is 1. The van der Waals surface area contributed by atoms with E-state index in [0.717, 1.165) is 53.2 Å². The standard InChI is InChI=1S/C17H20N6OS/c1-9-14(15(18)24)25-17(22-9)12-8-21-16-11(4-6-20-16)13(12)23-10-3-2-5-19-7-10/h4,6,8,10,19H,2-3,5,7H2,1H3,(H2,18,24)(H2,20,21,23). The fourth-order valence-electron chi connectivity index (χ4n) is 3.24. The van der Waals surface area contributed by atoms with Gasteiger partial charge in [-0.25, -0.2) is 9.97 Å². The van der Waals surface area contributed by atoms with Crippen molar-refractivity contribution in [2.45, 2.75) is 25.8 Å². The molecule has 7 nitrogen and oxygen atoms in total. The predicted molar refractivity (Wildman–Crippen MR) is 100.0 cm³/mol. The summed E-state index contributed by atoms with van der Waals surface area (Å²) in [5, 5.41) is 8.87. The molecule has 130 valence electrons. The topological polar surface area (TPSA) is 109 Å². The molecule has 4 rings (SSSR count). The predicted octanol–water partition coefficient (Wildman–Crippen LogP) is 2.26. The molecule has 1 atom stereocenters. The molecule has 1 fully saturated rings. The maximum absolute atomic E-state index is 11.6. The molecule has 1 saturated heterocycles. The lowest BCUT2D eigenvalue weighted by Gasteiger charge is -2.26. The number of fused-ring (bicyclic) bond motifs is 1. The molecular weight excluding hydrogens is 336 g/mol. The van der Waals surface area contributed by atoms with Crippen LogP contribution in [0.25, 0.3) is 21.6 Å². The van der Waals surface area contributed by atoms with Gasteiger partial charge >= 0.3 is 0 Å². The zero-order valence-corrected chi connectivity index (χ0v) is 14.7. The highest BCUT2D eigenvalue weighted by atomic mass is 32.1. The Morgan fingerprint density at radius 2 is 2.36 bits per heavy atom. The van der Waals surface area contributed by atoms with Crippen molar-refractivity contribution in [3.8, 4) is 10.6 Å². The third-order valence-corrected chi connectivity index (χ3v) is 5.69. The molecule has 5 N–H and O–H groups in total. The zero-order chi connectivity index (χ0) is 17.4. The number of nitrogens with zero attached hydrogens (tertiary/aromatic N) is 2. The second kappa shape index (κ2) is 6.45. The van der Waals surface area contributed by atoms with E-state index in [1.807, 2.05) is 12.3 Å². The highest BCUT2D eigenvalue weighted by Crippen LogP contribution is 2.37. The van der Waals surface area contributed by atoms with Crippen molar-refractivity contribution in [1.29, 1.82) is 0 Å². The average Bonchev–Trinajstić information content (AvgIpc) is 3.22. The van der Waals surface area contributed by atoms with Gasteiger partial charge in [0.1, 0.15) is 15.5 Å². The average molecular weight is 356 g/mol. The molecule has 1 unspecified atom stereocenters. The van der Waals surface area contributed by atoms with Gasteiger partial charge in [0, 0.05) is 30.4 Å². The number of rotatable bonds is 4. The number of hydrogen-bond donors (Lipinski definition) is 4. The molecule has 0 spiro atoms. The fourth-order valence-corrected chi connectivity index (χ4v) is 4.18. The number of aryl methyl sites for hydroxylation is 1. The smallest absolute Gasteiger partial charge is 0.260 e. The molecule has 0 bridgehead atoms. The zero-order valence-electron chi connectivity index (χ0n) is 13.9. The normalized spacial score (nSPS) is 17.7. The summed E-state index contributed by atoms with van der Waals surface area (Å²) in [6, 6.07) is 2.37. The molecule has 0 radical (unpaired) electrons. The summed E-state index contributed by atoms with van der Waals surface area (Å²) in [6.07, 6.45) is 5.95. The van der Waals surface area contributed by atoms with Crippen LogP contribution in [0.4, 0.5) is 5.69 Å². The molecular formula is C17H20N6OS. The Kier molecular flexibility index (Phi) is 4.14. The van der Waals surface area contributed by atoms with E-state index < -0.39 is 5.91 Å². The summed E-state index contributed by atoms with van der Waals surface area (Å²) < 4.78 is 0. The van der Waals surface area contributed by atoms with Gasteiger partial charge < -0.3 is 21.4 Å². The van der Waals surface area contributed by atoms with Crippen molar-refractivity contribution in [3.05, 3.63) is 29.0 Å². The van der Waals surface area contributed by atoms with Gasteiger partial charge in [-0.1, -0.05) is 0 Å². The monoisotopic (exact) mass is 356 g/mol. The van der Waals surface area contributed by atoms with Crippen LogP contribution < -0.4 is 16.4 Å². The first-order valence-corrected chi connectivity index (χ1v) is 9.16. The molecule has 1 amide bonds. The first-order chi connectivity index (χ1) is 12.1. The van der Waals surface area contributed by atoms with Crippen LogP contribution in [0.5, 0.6) is 0 Å². The molecule has 4 heterocycles. The number of pyridine rings is 1. The molecule has 1 aliphatic heterocycles. The molecule has 1 aliphatic rings. The number of anilines is 1. The van der Waals surface area contributed by atoms with E-state index in [2.05, 4.69) is 25.6 Å². The van der Waals surface area contributed by atoms with E-state index in [0.29, 0.717) is 16.6 Å². The maximum Gasteiger partial charge on any atom is 0.260 e. The van der Waals surface area contributed by atoms with Crippen LogP contribution in [0.3, 0.4) is 0 Å². The van der Waals surface area contributed by atoms with Gasteiger partial charge in [0.2, 0.25) is 0 Å². The van der Waals surface area contributed by atoms with Crippen molar-refractivity contribution in [2.24, 2.45) is 5.73 Å². The van der Waals surface area contributed by atoms with Crippen molar-refractivity contribution >= 4 is 34.0 Å². The second-order valence-electron chi connectivity index (χ2n) is 6.27. The van der Waals surface area contributed by atoms with Crippen LogP contribution in [-0.4, -0.2) is 40.0 Å². The van der Waals surface area contributed by atoms with Gasteiger partial charge in [-0.2, -0.15) is 0 Å². The van der Waals surface area contributed by atoms with Crippen LogP contribution in [-0.2, 0) is 0 Å². The van der Waals surface area contributed by atoms with E-state index in [1.165, 1.54) is 11.3 Å².